The Labute approximate surface area is 108 Å². The molecule has 1 saturated heterocycles. The average Bonchev–Trinajstić information content (AvgIpc) is 2.46. The van der Waals surface area contributed by atoms with Gasteiger partial charge in [0, 0.05) is 38.6 Å². The van der Waals surface area contributed by atoms with E-state index in [1.807, 2.05) is 4.90 Å². The molecule has 1 aliphatic rings. The summed E-state index contributed by atoms with van der Waals surface area (Å²) in [5, 5.41) is 20.2. The van der Waals surface area contributed by atoms with Gasteiger partial charge in [0.15, 0.2) is 0 Å². The molecule has 1 aliphatic heterocycles. The van der Waals surface area contributed by atoms with Gasteiger partial charge in [0.05, 0.1) is 5.56 Å². The minimum absolute atomic E-state index is 0.0937. The zero-order chi connectivity index (χ0) is 13.8. The number of imide groups is 1. The van der Waals surface area contributed by atoms with E-state index in [9.17, 15) is 9.59 Å². The first kappa shape index (κ1) is 13.2. The molecule has 9 heteroatoms. The molecule has 0 radical (unpaired) electrons. The first-order valence-electron chi connectivity index (χ1n) is 5.63. The number of rotatable bonds is 2. The highest BCUT2D eigenvalue weighted by Gasteiger charge is 2.21. The van der Waals surface area contributed by atoms with Crippen LogP contribution in [-0.4, -0.2) is 63.5 Å². The predicted molar refractivity (Wildman–Crippen MR) is 63.1 cm³/mol. The molecule has 1 fully saturated rings. The van der Waals surface area contributed by atoms with E-state index >= 15 is 0 Å². The molecule has 0 aromatic carbocycles. The maximum atomic E-state index is 11.5. The maximum absolute atomic E-state index is 11.5. The molecule has 0 unspecified atom stereocenters. The van der Waals surface area contributed by atoms with Crippen molar-refractivity contribution in [2.75, 3.05) is 31.1 Å². The van der Waals surface area contributed by atoms with Gasteiger partial charge in [0.2, 0.25) is 5.95 Å². The minimum Gasteiger partial charge on any atom is -0.463 e. The van der Waals surface area contributed by atoms with E-state index in [-0.39, 0.29) is 5.56 Å². The summed E-state index contributed by atoms with van der Waals surface area (Å²) in [6.07, 6.45) is 0.633. The zero-order valence-electron chi connectivity index (χ0n) is 9.98. The molecule has 0 aliphatic carbocycles. The molecule has 0 saturated carbocycles. The van der Waals surface area contributed by atoms with Gasteiger partial charge < -0.3 is 15.3 Å². The summed E-state index contributed by atoms with van der Waals surface area (Å²) in [6.45, 7) is 3.17. The second kappa shape index (κ2) is 5.59. The number of nitrogens with zero attached hydrogens (tertiary/aromatic N) is 4. The lowest BCUT2D eigenvalue weighted by molar-refractivity contribution is -0.0397. The Morgan fingerprint density at radius 3 is 2.37 bits per heavy atom. The van der Waals surface area contributed by atoms with Gasteiger partial charge >= 0.3 is 6.09 Å². The SMILES string of the molecule is O=C(O)N(O)C(=O)c1cnc(N2CCNCC2)nc1. The number of carbonyl (C=O) groups is 2. The minimum atomic E-state index is -1.75. The number of carboxylic acid groups (broad SMARTS) is 1. The number of nitrogens with one attached hydrogen (secondary N) is 1. The molecule has 1 aromatic rings. The van der Waals surface area contributed by atoms with Crippen LogP contribution in [-0.2, 0) is 0 Å². The van der Waals surface area contributed by atoms with Crippen molar-refractivity contribution in [1.82, 2.24) is 20.3 Å². The Bertz CT molecular complexity index is 471. The summed E-state index contributed by atoms with van der Waals surface area (Å²) < 4.78 is 0. The molecular formula is C10H13N5O4. The predicted octanol–water partition coefficient (Wildman–Crippen LogP) is -0.604. The van der Waals surface area contributed by atoms with Gasteiger partial charge in [-0.2, -0.15) is 0 Å². The third-order valence-corrected chi connectivity index (χ3v) is 2.66. The van der Waals surface area contributed by atoms with Crippen LogP contribution in [0.15, 0.2) is 12.4 Å². The number of aromatic nitrogens is 2. The molecule has 0 spiro atoms. The molecular weight excluding hydrogens is 254 g/mol. The van der Waals surface area contributed by atoms with Gasteiger partial charge in [-0.05, 0) is 0 Å². The Morgan fingerprint density at radius 2 is 1.84 bits per heavy atom. The van der Waals surface area contributed by atoms with E-state index in [2.05, 4.69) is 15.3 Å². The maximum Gasteiger partial charge on any atom is 0.439 e. The van der Waals surface area contributed by atoms with Crippen molar-refractivity contribution in [2.24, 2.45) is 0 Å². The molecule has 0 bridgehead atoms. The van der Waals surface area contributed by atoms with Crippen LogP contribution >= 0.6 is 0 Å². The normalized spacial score (nSPS) is 15.1. The lowest BCUT2D eigenvalue weighted by Gasteiger charge is -2.27. The standard InChI is InChI=1S/C10H13N5O4/c16-8(15(19)10(17)18)7-5-12-9(13-6-7)14-3-1-11-2-4-14/h5-6,11,19H,1-4H2,(H,17,18). The van der Waals surface area contributed by atoms with E-state index in [0.29, 0.717) is 5.95 Å². The fourth-order valence-electron chi connectivity index (χ4n) is 1.67. The number of amides is 2. The van der Waals surface area contributed by atoms with Gasteiger partial charge in [0.1, 0.15) is 0 Å². The van der Waals surface area contributed by atoms with E-state index in [4.69, 9.17) is 10.3 Å². The van der Waals surface area contributed by atoms with Crippen LogP contribution in [0.5, 0.6) is 0 Å². The van der Waals surface area contributed by atoms with Gasteiger partial charge in [-0.15, -0.1) is 5.06 Å². The van der Waals surface area contributed by atoms with Crippen molar-refractivity contribution in [3.05, 3.63) is 18.0 Å². The number of hydrogen-bond donors (Lipinski definition) is 3. The molecule has 19 heavy (non-hydrogen) atoms. The highest BCUT2D eigenvalue weighted by atomic mass is 16.6. The van der Waals surface area contributed by atoms with Crippen molar-refractivity contribution < 1.29 is 19.9 Å². The molecule has 102 valence electrons. The van der Waals surface area contributed by atoms with Crippen molar-refractivity contribution in [3.63, 3.8) is 0 Å². The van der Waals surface area contributed by atoms with Gasteiger partial charge in [-0.1, -0.05) is 0 Å². The molecule has 0 atom stereocenters. The summed E-state index contributed by atoms with van der Waals surface area (Å²) in [5.41, 5.74) is -0.0937. The molecule has 2 heterocycles. The number of piperazine rings is 1. The third-order valence-electron chi connectivity index (χ3n) is 2.66. The van der Waals surface area contributed by atoms with Crippen LogP contribution in [0.1, 0.15) is 10.4 Å². The second-order valence-electron chi connectivity index (χ2n) is 3.91. The number of hydrogen-bond acceptors (Lipinski definition) is 7. The molecule has 3 N–H and O–H groups in total. The Kier molecular flexibility index (Phi) is 3.88. The topological polar surface area (TPSA) is 119 Å². The van der Waals surface area contributed by atoms with E-state index in [1.165, 1.54) is 12.4 Å². The monoisotopic (exact) mass is 267 g/mol. The molecule has 2 amide bonds. The summed E-state index contributed by atoms with van der Waals surface area (Å²) in [7, 11) is 0. The van der Waals surface area contributed by atoms with E-state index in [0.717, 1.165) is 26.2 Å². The summed E-state index contributed by atoms with van der Waals surface area (Å²) in [6, 6.07) is 0. The highest BCUT2D eigenvalue weighted by Crippen LogP contribution is 2.09. The largest absolute Gasteiger partial charge is 0.463 e. The Hall–Kier alpha value is -2.26. The van der Waals surface area contributed by atoms with Crippen LogP contribution in [0, 0.1) is 0 Å². The van der Waals surface area contributed by atoms with Crippen LogP contribution in [0.3, 0.4) is 0 Å². The average molecular weight is 267 g/mol. The lowest BCUT2D eigenvalue weighted by atomic mass is 10.3. The van der Waals surface area contributed by atoms with Crippen molar-refractivity contribution in [2.45, 2.75) is 0 Å². The fraction of sp³-hybridized carbons (Fsp3) is 0.400. The van der Waals surface area contributed by atoms with Crippen LogP contribution in [0.2, 0.25) is 0 Å². The quantitative estimate of drug-likeness (QED) is 0.480. The first-order chi connectivity index (χ1) is 9.09. The van der Waals surface area contributed by atoms with Crippen molar-refractivity contribution >= 4 is 17.9 Å². The molecule has 9 nitrogen and oxygen atoms in total. The zero-order valence-corrected chi connectivity index (χ0v) is 9.98. The second-order valence-corrected chi connectivity index (χ2v) is 3.91. The summed E-state index contributed by atoms with van der Waals surface area (Å²) in [5.74, 6) is -0.614. The van der Waals surface area contributed by atoms with Crippen LogP contribution in [0.25, 0.3) is 0 Å². The number of carbonyl (C=O) groups excluding carboxylic acids is 1. The molecule has 2 rings (SSSR count). The Morgan fingerprint density at radius 1 is 1.26 bits per heavy atom. The summed E-state index contributed by atoms with van der Waals surface area (Å²) in [4.78, 5) is 31.8. The third kappa shape index (κ3) is 2.95. The van der Waals surface area contributed by atoms with Crippen molar-refractivity contribution in [1.29, 1.82) is 0 Å². The first-order valence-corrected chi connectivity index (χ1v) is 5.63. The Balaban J connectivity index is 2.09. The van der Waals surface area contributed by atoms with Gasteiger partial charge in [-0.3, -0.25) is 10.0 Å². The van der Waals surface area contributed by atoms with Gasteiger partial charge in [-0.25, -0.2) is 14.8 Å². The van der Waals surface area contributed by atoms with Crippen LogP contribution in [0.4, 0.5) is 10.7 Å². The van der Waals surface area contributed by atoms with Gasteiger partial charge in [0.25, 0.3) is 5.91 Å². The molecule has 1 aromatic heterocycles. The number of hydroxylamine groups is 2. The van der Waals surface area contributed by atoms with Crippen molar-refractivity contribution in [3.8, 4) is 0 Å². The fourth-order valence-corrected chi connectivity index (χ4v) is 1.67. The smallest absolute Gasteiger partial charge is 0.439 e. The number of anilines is 1. The van der Waals surface area contributed by atoms with Crippen LogP contribution < -0.4 is 10.2 Å². The highest BCUT2D eigenvalue weighted by molar-refractivity contribution is 6.00. The van der Waals surface area contributed by atoms with E-state index in [1.54, 1.807) is 0 Å². The van der Waals surface area contributed by atoms with E-state index < -0.39 is 17.1 Å². The summed E-state index contributed by atoms with van der Waals surface area (Å²) >= 11 is 0. The lowest BCUT2D eigenvalue weighted by Crippen LogP contribution is -2.44.